The molecule has 0 amide bonds. The van der Waals surface area contributed by atoms with Crippen molar-refractivity contribution in [2.75, 3.05) is 0 Å². The van der Waals surface area contributed by atoms with E-state index in [1.165, 1.54) is 11.3 Å². The lowest BCUT2D eigenvalue weighted by atomic mass is 10.1. The fraction of sp³-hybridized carbons (Fsp3) is 0.0588. The van der Waals surface area contributed by atoms with Crippen LogP contribution in [0.15, 0.2) is 48.5 Å². The van der Waals surface area contributed by atoms with Gasteiger partial charge in [-0.25, -0.2) is 4.98 Å². The number of halogens is 1. The van der Waals surface area contributed by atoms with Crippen LogP contribution < -0.4 is 0 Å². The van der Waals surface area contributed by atoms with Crippen LogP contribution in [0.1, 0.15) is 4.88 Å². The van der Waals surface area contributed by atoms with Crippen LogP contribution >= 0.6 is 22.9 Å². The zero-order valence-electron chi connectivity index (χ0n) is 11.9. The third-order valence-electron chi connectivity index (χ3n) is 3.24. The van der Waals surface area contributed by atoms with Crippen molar-refractivity contribution in [2.24, 2.45) is 0 Å². The molecule has 0 radical (unpaired) electrons. The quantitative estimate of drug-likeness (QED) is 0.732. The maximum Gasteiger partial charge on any atom is 0.308 e. The van der Waals surface area contributed by atoms with E-state index in [1.807, 2.05) is 12.1 Å². The number of aromatic nitrogens is 1. The first-order chi connectivity index (χ1) is 11.0. The lowest BCUT2D eigenvalue weighted by molar-refractivity contribution is -0.136. The molecule has 0 aliphatic rings. The fourth-order valence-corrected chi connectivity index (χ4v) is 3.38. The van der Waals surface area contributed by atoms with Gasteiger partial charge in [0.15, 0.2) is 0 Å². The lowest BCUT2D eigenvalue weighted by Crippen LogP contribution is -1.99. The van der Waals surface area contributed by atoms with Gasteiger partial charge < -0.3 is 10.2 Å². The molecule has 0 fully saturated rings. The largest absolute Gasteiger partial charge is 0.508 e. The highest BCUT2D eigenvalue weighted by atomic mass is 35.5. The molecule has 3 aromatic rings. The summed E-state index contributed by atoms with van der Waals surface area (Å²) in [4.78, 5) is 16.4. The number of nitrogens with zero attached hydrogens (tertiary/aromatic N) is 1. The van der Waals surface area contributed by atoms with Gasteiger partial charge in [-0.3, -0.25) is 4.79 Å². The molecule has 0 unspecified atom stereocenters. The third-order valence-corrected chi connectivity index (χ3v) is 4.60. The average molecular weight is 346 g/mol. The second-order valence-electron chi connectivity index (χ2n) is 4.92. The number of carboxylic acid groups (broad SMARTS) is 1. The molecule has 0 aliphatic heterocycles. The second kappa shape index (κ2) is 6.40. The number of phenols is 1. The van der Waals surface area contributed by atoms with Crippen molar-refractivity contribution in [1.29, 1.82) is 0 Å². The van der Waals surface area contributed by atoms with E-state index >= 15 is 0 Å². The molecule has 0 atom stereocenters. The van der Waals surface area contributed by atoms with Gasteiger partial charge >= 0.3 is 5.97 Å². The zero-order chi connectivity index (χ0) is 16.4. The van der Waals surface area contributed by atoms with E-state index in [1.54, 1.807) is 36.4 Å². The summed E-state index contributed by atoms with van der Waals surface area (Å²) in [6.07, 6.45) is -0.0896. The van der Waals surface area contributed by atoms with Gasteiger partial charge in [-0.2, -0.15) is 0 Å². The Morgan fingerprint density at radius 2 is 1.65 bits per heavy atom. The molecule has 1 heterocycles. The number of carboxylic acids is 1. The molecule has 0 saturated heterocycles. The number of carbonyl (C=O) groups is 1. The van der Waals surface area contributed by atoms with Crippen LogP contribution in [0.5, 0.6) is 5.75 Å². The highest BCUT2D eigenvalue weighted by molar-refractivity contribution is 7.15. The van der Waals surface area contributed by atoms with Crippen LogP contribution in [0.2, 0.25) is 5.02 Å². The topological polar surface area (TPSA) is 70.4 Å². The minimum Gasteiger partial charge on any atom is -0.508 e. The number of hydrogen-bond donors (Lipinski definition) is 2. The standard InChI is InChI=1S/C17H12ClNO3S/c18-12-5-1-10(2-6-12)16-14(9-15(21)22)23-17(19-16)11-3-7-13(20)8-4-11/h1-8,20H,9H2,(H,21,22). The molecule has 3 rings (SSSR count). The predicted octanol–water partition coefficient (Wildman–Crippen LogP) is 4.46. The van der Waals surface area contributed by atoms with Crippen molar-refractivity contribution in [3.05, 3.63) is 58.4 Å². The number of aromatic hydroxyl groups is 1. The Morgan fingerprint density at radius 3 is 2.26 bits per heavy atom. The second-order valence-corrected chi connectivity index (χ2v) is 6.44. The molecule has 0 spiro atoms. The number of phenolic OH excluding ortho intramolecular Hbond substituents is 1. The Bertz CT molecular complexity index is 841. The Balaban J connectivity index is 2.08. The van der Waals surface area contributed by atoms with Gasteiger partial charge in [0.05, 0.1) is 12.1 Å². The van der Waals surface area contributed by atoms with E-state index in [2.05, 4.69) is 4.98 Å². The van der Waals surface area contributed by atoms with E-state index in [0.29, 0.717) is 20.6 Å². The minimum atomic E-state index is -0.902. The monoisotopic (exact) mass is 345 g/mol. The maximum atomic E-state index is 11.1. The van der Waals surface area contributed by atoms with Crippen molar-refractivity contribution < 1.29 is 15.0 Å². The molecule has 0 aliphatic carbocycles. The van der Waals surface area contributed by atoms with Gasteiger partial charge in [-0.15, -0.1) is 11.3 Å². The molecule has 2 N–H and O–H groups in total. The summed E-state index contributed by atoms with van der Waals surface area (Å²) in [7, 11) is 0. The Labute approximate surface area is 141 Å². The van der Waals surface area contributed by atoms with Crippen molar-refractivity contribution in [2.45, 2.75) is 6.42 Å². The molecule has 4 nitrogen and oxygen atoms in total. The summed E-state index contributed by atoms with van der Waals surface area (Å²) in [5, 5.41) is 19.8. The molecular formula is C17H12ClNO3S. The molecule has 1 aromatic heterocycles. The first-order valence-corrected chi connectivity index (χ1v) is 7.99. The molecule has 0 saturated carbocycles. The van der Waals surface area contributed by atoms with Crippen molar-refractivity contribution in [1.82, 2.24) is 4.98 Å². The molecule has 116 valence electrons. The lowest BCUT2D eigenvalue weighted by Gasteiger charge is -2.00. The molecule has 2 aromatic carbocycles. The Kier molecular flexibility index (Phi) is 4.32. The smallest absolute Gasteiger partial charge is 0.308 e. The van der Waals surface area contributed by atoms with E-state index in [0.717, 1.165) is 11.1 Å². The van der Waals surface area contributed by atoms with Crippen molar-refractivity contribution in [3.8, 4) is 27.6 Å². The average Bonchev–Trinajstić information content (AvgIpc) is 2.92. The first-order valence-electron chi connectivity index (χ1n) is 6.80. The maximum absolute atomic E-state index is 11.1. The van der Waals surface area contributed by atoms with Gasteiger partial charge in [-0.1, -0.05) is 23.7 Å². The third kappa shape index (κ3) is 3.52. The van der Waals surface area contributed by atoms with Gasteiger partial charge in [-0.05, 0) is 36.4 Å². The highest BCUT2D eigenvalue weighted by Crippen LogP contribution is 2.35. The minimum absolute atomic E-state index is 0.0896. The van der Waals surface area contributed by atoms with Gasteiger partial charge in [0, 0.05) is 21.0 Å². The van der Waals surface area contributed by atoms with Crippen LogP contribution in [0, 0.1) is 0 Å². The van der Waals surface area contributed by atoms with Gasteiger partial charge in [0.25, 0.3) is 0 Å². The Morgan fingerprint density at radius 1 is 1.04 bits per heavy atom. The first kappa shape index (κ1) is 15.5. The van der Waals surface area contributed by atoms with E-state index in [4.69, 9.17) is 16.7 Å². The number of thiazole rings is 1. The summed E-state index contributed by atoms with van der Waals surface area (Å²) >= 11 is 7.24. The molecule has 0 bridgehead atoms. The number of hydrogen-bond acceptors (Lipinski definition) is 4. The fourth-order valence-electron chi connectivity index (χ4n) is 2.17. The number of rotatable bonds is 4. The van der Waals surface area contributed by atoms with Crippen LogP contribution in [0.25, 0.3) is 21.8 Å². The summed E-state index contributed by atoms with van der Waals surface area (Å²) in [5.74, 6) is -0.727. The number of aliphatic carboxylic acids is 1. The zero-order valence-corrected chi connectivity index (χ0v) is 13.4. The highest BCUT2D eigenvalue weighted by Gasteiger charge is 2.16. The normalized spacial score (nSPS) is 10.7. The SMILES string of the molecule is O=C(O)Cc1sc(-c2ccc(O)cc2)nc1-c1ccc(Cl)cc1. The number of benzene rings is 2. The van der Waals surface area contributed by atoms with Crippen LogP contribution in [-0.2, 0) is 11.2 Å². The molecule has 23 heavy (non-hydrogen) atoms. The Hall–Kier alpha value is -2.37. The summed E-state index contributed by atoms with van der Waals surface area (Å²) in [6, 6.07) is 13.8. The van der Waals surface area contributed by atoms with Gasteiger partial charge in [0.2, 0.25) is 0 Å². The predicted molar refractivity (Wildman–Crippen MR) is 91.0 cm³/mol. The van der Waals surface area contributed by atoms with Crippen LogP contribution in [-0.4, -0.2) is 21.2 Å². The van der Waals surface area contributed by atoms with E-state index in [-0.39, 0.29) is 12.2 Å². The molecular weight excluding hydrogens is 334 g/mol. The van der Waals surface area contributed by atoms with E-state index in [9.17, 15) is 9.90 Å². The summed E-state index contributed by atoms with van der Waals surface area (Å²) in [6.45, 7) is 0. The van der Waals surface area contributed by atoms with Crippen molar-refractivity contribution in [3.63, 3.8) is 0 Å². The van der Waals surface area contributed by atoms with E-state index < -0.39 is 5.97 Å². The summed E-state index contributed by atoms with van der Waals surface area (Å²) in [5.41, 5.74) is 2.31. The van der Waals surface area contributed by atoms with Crippen molar-refractivity contribution >= 4 is 28.9 Å². The van der Waals surface area contributed by atoms with Crippen LogP contribution in [0.4, 0.5) is 0 Å². The summed E-state index contributed by atoms with van der Waals surface area (Å²) < 4.78 is 0. The molecule has 6 heteroatoms. The van der Waals surface area contributed by atoms with Crippen LogP contribution in [0.3, 0.4) is 0 Å². The van der Waals surface area contributed by atoms with Gasteiger partial charge in [0.1, 0.15) is 10.8 Å².